The Kier molecular flexibility index (Phi) is 16.0. The number of allylic oxidation sites excluding steroid dienone is 1. The molecule has 0 N–H and O–H groups in total. The van der Waals surface area contributed by atoms with Crippen molar-refractivity contribution in [2.24, 2.45) is 0 Å². The van der Waals surface area contributed by atoms with Gasteiger partial charge in [0.05, 0.1) is 6.61 Å². The lowest BCUT2D eigenvalue weighted by Crippen LogP contribution is -2.09. The minimum Gasteiger partial charge on any atom is -0.462 e. The zero-order chi connectivity index (χ0) is 16.5. The van der Waals surface area contributed by atoms with E-state index in [2.05, 4.69) is 13.8 Å². The number of unbranched alkanes of at least 4 members (excludes halogenated alkanes) is 10. The molecule has 2 heteroatoms. The fourth-order valence-corrected chi connectivity index (χ4v) is 2.58. The van der Waals surface area contributed by atoms with Crippen molar-refractivity contribution in [3.63, 3.8) is 0 Å². The Morgan fingerprint density at radius 2 is 1.27 bits per heavy atom. The minimum atomic E-state index is -0.105. The van der Waals surface area contributed by atoms with Crippen LogP contribution in [0.15, 0.2) is 11.6 Å². The third kappa shape index (κ3) is 12.9. The third-order valence-corrected chi connectivity index (χ3v) is 4.14. The van der Waals surface area contributed by atoms with Crippen molar-refractivity contribution in [2.45, 2.75) is 104 Å². The van der Waals surface area contributed by atoms with E-state index in [9.17, 15) is 4.79 Å². The summed E-state index contributed by atoms with van der Waals surface area (Å²) in [5.74, 6) is -0.105. The molecule has 0 aliphatic carbocycles. The molecular formula is C20H38O2. The van der Waals surface area contributed by atoms with Gasteiger partial charge in [-0.15, -0.1) is 0 Å². The maximum Gasteiger partial charge on any atom is 0.333 e. The minimum absolute atomic E-state index is 0.105. The Hall–Kier alpha value is -0.790. The average Bonchev–Trinajstić information content (AvgIpc) is 2.53. The van der Waals surface area contributed by atoms with Crippen LogP contribution in [0.25, 0.3) is 0 Å². The molecule has 0 heterocycles. The van der Waals surface area contributed by atoms with Crippen LogP contribution < -0.4 is 0 Å². The van der Waals surface area contributed by atoms with Crippen LogP contribution in [0.2, 0.25) is 0 Å². The molecule has 2 nitrogen and oxygen atoms in total. The molecule has 0 unspecified atom stereocenters. The summed E-state index contributed by atoms with van der Waals surface area (Å²) in [5, 5.41) is 0. The Balaban J connectivity index is 3.39. The van der Waals surface area contributed by atoms with Crippen LogP contribution in [0.1, 0.15) is 104 Å². The molecule has 0 fully saturated rings. The second kappa shape index (κ2) is 16.6. The summed E-state index contributed by atoms with van der Waals surface area (Å²) in [6.45, 7) is 6.91. The van der Waals surface area contributed by atoms with Crippen molar-refractivity contribution < 1.29 is 9.53 Å². The van der Waals surface area contributed by atoms with E-state index in [0.29, 0.717) is 6.61 Å². The molecule has 0 radical (unpaired) electrons. The number of carbonyl (C=O) groups is 1. The zero-order valence-electron chi connectivity index (χ0n) is 15.3. The van der Waals surface area contributed by atoms with Gasteiger partial charge in [-0.1, -0.05) is 84.1 Å². The van der Waals surface area contributed by atoms with Gasteiger partial charge in [0, 0.05) is 5.57 Å². The highest BCUT2D eigenvalue weighted by Gasteiger charge is 2.08. The Morgan fingerprint density at radius 1 is 0.773 bits per heavy atom. The van der Waals surface area contributed by atoms with E-state index in [4.69, 9.17) is 4.74 Å². The normalized spacial score (nSPS) is 11.7. The van der Waals surface area contributed by atoms with Crippen LogP contribution in [0.4, 0.5) is 0 Å². The second-order valence-corrected chi connectivity index (χ2v) is 6.24. The van der Waals surface area contributed by atoms with Crippen LogP contribution in [0.5, 0.6) is 0 Å². The number of hydrogen-bond acceptors (Lipinski definition) is 2. The topological polar surface area (TPSA) is 26.3 Å². The number of ether oxygens (including phenoxy) is 1. The predicted molar refractivity (Wildman–Crippen MR) is 96.1 cm³/mol. The van der Waals surface area contributed by atoms with Gasteiger partial charge in [0.1, 0.15) is 0 Å². The number of carbonyl (C=O) groups excluding carboxylic acids is 1. The molecule has 0 aliphatic heterocycles. The SMILES string of the molecule is CC=C(CCCC)C(=O)OCCCCCCCCCCCC. The van der Waals surface area contributed by atoms with E-state index < -0.39 is 0 Å². The van der Waals surface area contributed by atoms with E-state index in [1.807, 2.05) is 13.0 Å². The highest BCUT2D eigenvalue weighted by molar-refractivity contribution is 5.88. The van der Waals surface area contributed by atoms with Gasteiger partial charge < -0.3 is 4.74 Å². The van der Waals surface area contributed by atoms with Gasteiger partial charge >= 0.3 is 5.97 Å². The Bertz CT molecular complexity index is 281. The van der Waals surface area contributed by atoms with Gasteiger partial charge in [-0.05, 0) is 26.2 Å². The van der Waals surface area contributed by atoms with Gasteiger partial charge in [0.2, 0.25) is 0 Å². The lowest BCUT2D eigenvalue weighted by atomic mass is 10.1. The van der Waals surface area contributed by atoms with Crippen molar-refractivity contribution in [1.82, 2.24) is 0 Å². The average molecular weight is 311 g/mol. The van der Waals surface area contributed by atoms with Crippen LogP contribution in [-0.2, 0) is 9.53 Å². The molecule has 0 rings (SSSR count). The smallest absolute Gasteiger partial charge is 0.333 e. The van der Waals surface area contributed by atoms with Crippen LogP contribution in [0, 0.1) is 0 Å². The summed E-state index contributed by atoms with van der Waals surface area (Å²) in [5.41, 5.74) is 0.842. The van der Waals surface area contributed by atoms with E-state index in [1.165, 1.54) is 57.8 Å². The van der Waals surface area contributed by atoms with Crippen molar-refractivity contribution >= 4 is 5.97 Å². The molecule has 0 amide bonds. The fraction of sp³-hybridized carbons (Fsp3) is 0.850. The van der Waals surface area contributed by atoms with E-state index >= 15 is 0 Å². The van der Waals surface area contributed by atoms with Crippen LogP contribution >= 0.6 is 0 Å². The van der Waals surface area contributed by atoms with E-state index in [0.717, 1.165) is 31.3 Å². The first-order chi connectivity index (χ1) is 10.8. The lowest BCUT2D eigenvalue weighted by molar-refractivity contribution is -0.139. The number of rotatable bonds is 15. The van der Waals surface area contributed by atoms with Crippen molar-refractivity contribution in [1.29, 1.82) is 0 Å². The van der Waals surface area contributed by atoms with Crippen molar-refractivity contribution in [2.75, 3.05) is 6.61 Å². The van der Waals surface area contributed by atoms with Gasteiger partial charge in [0.15, 0.2) is 0 Å². The Labute approximate surface area is 138 Å². The van der Waals surface area contributed by atoms with Crippen molar-refractivity contribution in [3.05, 3.63) is 11.6 Å². The number of hydrogen-bond donors (Lipinski definition) is 0. The van der Waals surface area contributed by atoms with Crippen LogP contribution in [0.3, 0.4) is 0 Å². The maximum absolute atomic E-state index is 11.8. The highest BCUT2D eigenvalue weighted by atomic mass is 16.5. The predicted octanol–water partition coefficient (Wildman–Crippen LogP) is 6.59. The largest absolute Gasteiger partial charge is 0.462 e. The first-order valence-corrected chi connectivity index (χ1v) is 9.58. The van der Waals surface area contributed by atoms with E-state index in [-0.39, 0.29) is 5.97 Å². The summed E-state index contributed by atoms with van der Waals surface area (Å²) in [6.07, 6.45) is 18.0. The maximum atomic E-state index is 11.8. The first kappa shape index (κ1) is 21.2. The van der Waals surface area contributed by atoms with Crippen molar-refractivity contribution in [3.8, 4) is 0 Å². The van der Waals surface area contributed by atoms with Gasteiger partial charge in [-0.2, -0.15) is 0 Å². The molecule has 0 saturated heterocycles. The lowest BCUT2D eigenvalue weighted by Gasteiger charge is -2.07. The summed E-state index contributed by atoms with van der Waals surface area (Å²) in [4.78, 5) is 11.8. The highest BCUT2D eigenvalue weighted by Crippen LogP contribution is 2.12. The molecule has 0 spiro atoms. The molecule has 0 bridgehead atoms. The summed E-state index contributed by atoms with van der Waals surface area (Å²) in [6, 6.07) is 0. The van der Waals surface area contributed by atoms with Gasteiger partial charge in [-0.25, -0.2) is 4.79 Å². The van der Waals surface area contributed by atoms with Gasteiger partial charge in [-0.3, -0.25) is 0 Å². The number of esters is 1. The molecule has 0 aliphatic rings. The molecular weight excluding hydrogens is 272 g/mol. The Morgan fingerprint density at radius 3 is 1.77 bits per heavy atom. The summed E-state index contributed by atoms with van der Waals surface area (Å²) < 4.78 is 5.36. The second-order valence-electron chi connectivity index (χ2n) is 6.24. The molecule has 0 aromatic heterocycles. The monoisotopic (exact) mass is 310 g/mol. The molecule has 0 aromatic rings. The van der Waals surface area contributed by atoms with Crippen LogP contribution in [-0.4, -0.2) is 12.6 Å². The first-order valence-electron chi connectivity index (χ1n) is 9.58. The summed E-state index contributed by atoms with van der Waals surface area (Å²) >= 11 is 0. The molecule has 0 saturated carbocycles. The molecule has 22 heavy (non-hydrogen) atoms. The molecule has 130 valence electrons. The quantitative estimate of drug-likeness (QED) is 0.194. The van der Waals surface area contributed by atoms with Gasteiger partial charge in [0.25, 0.3) is 0 Å². The third-order valence-electron chi connectivity index (χ3n) is 4.14. The zero-order valence-corrected chi connectivity index (χ0v) is 15.3. The summed E-state index contributed by atoms with van der Waals surface area (Å²) in [7, 11) is 0. The van der Waals surface area contributed by atoms with E-state index in [1.54, 1.807) is 0 Å². The molecule has 0 aromatic carbocycles. The fourth-order valence-electron chi connectivity index (χ4n) is 2.58. The standard InChI is InChI=1S/C20H38O2/c1-4-7-9-10-11-12-13-14-15-16-18-22-20(21)19(6-3)17-8-5-2/h6H,4-5,7-18H2,1-3H3. The molecule has 0 atom stereocenters.